The number of likely N-dealkylation sites (tertiary alicyclic amines) is 1. The minimum atomic E-state index is -0.582. The van der Waals surface area contributed by atoms with Crippen LogP contribution in [0.5, 0.6) is 17.2 Å². The Morgan fingerprint density at radius 1 is 1.19 bits per heavy atom. The van der Waals surface area contributed by atoms with E-state index in [1.54, 1.807) is 25.1 Å². The third-order valence-corrected chi connectivity index (χ3v) is 5.18. The number of hydrogen-bond donors (Lipinski definition) is 0. The Morgan fingerprint density at radius 2 is 2.00 bits per heavy atom. The van der Waals surface area contributed by atoms with Crippen molar-refractivity contribution in [1.82, 2.24) is 4.90 Å². The lowest BCUT2D eigenvalue weighted by atomic mass is 10.0. The summed E-state index contributed by atoms with van der Waals surface area (Å²) in [5, 5.41) is 0.586. The Balaban J connectivity index is 1.49. The molecule has 27 heavy (non-hydrogen) atoms. The van der Waals surface area contributed by atoms with E-state index in [0.717, 1.165) is 36.4 Å². The lowest BCUT2D eigenvalue weighted by Gasteiger charge is -2.29. The predicted octanol–water partition coefficient (Wildman–Crippen LogP) is 4.24. The van der Waals surface area contributed by atoms with Crippen molar-refractivity contribution in [2.45, 2.75) is 31.9 Å². The van der Waals surface area contributed by atoms with Crippen LogP contribution in [0.15, 0.2) is 42.5 Å². The highest BCUT2D eigenvalue weighted by molar-refractivity contribution is 6.30. The van der Waals surface area contributed by atoms with Crippen LogP contribution in [0, 0.1) is 0 Å². The van der Waals surface area contributed by atoms with Gasteiger partial charge in [-0.05, 0) is 55.7 Å². The quantitative estimate of drug-likeness (QED) is 0.787. The second kappa shape index (κ2) is 7.69. The fourth-order valence-electron chi connectivity index (χ4n) is 3.67. The molecular formula is C21H22ClNO4. The average molecular weight is 388 g/mol. The summed E-state index contributed by atoms with van der Waals surface area (Å²) < 4.78 is 17.1. The summed E-state index contributed by atoms with van der Waals surface area (Å²) in [6, 6.07) is 13.1. The van der Waals surface area contributed by atoms with Gasteiger partial charge in [0, 0.05) is 11.6 Å². The fraction of sp³-hybridized carbons (Fsp3) is 0.381. The smallest absolute Gasteiger partial charge is 0.263 e. The highest BCUT2D eigenvalue weighted by Gasteiger charge is 2.34. The monoisotopic (exact) mass is 387 g/mol. The van der Waals surface area contributed by atoms with Crippen molar-refractivity contribution in [3.63, 3.8) is 0 Å². The van der Waals surface area contributed by atoms with Crippen LogP contribution in [0.2, 0.25) is 5.02 Å². The topological polar surface area (TPSA) is 48.0 Å². The first-order valence-corrected chi connectivity index (χ1v) is 9.62. The van der Waals surface area contributed by atoms with Gasteiger partial charge in [-0.25, -0.2) is 0 Å². The highest BCUT2D eigenvalue weighted by atomic mass is 35.5. The zero-order valence-corrected chi connectivity index (χ0v) is 15.9. The maximum Gasteiger partial charge on any atom is 0.263 e. The number of ether oxygens (including phenoxy) is 3. The fourth-order valence-corrected chi connectivity index (χ4v) is 3.85. The number of amides is 1. The molecule has 2 aromatic rings. The van der Waals surface area contributed by atoms with Crippen molar-refractivity contribution in [3.05, 3.63) is 53.1 Å². The molecule has 6 heteroatoms. The van der Waals surface area contributed by atoms with E-state index in [0.29, 0.717) is 24.0 Å². The van der Waals surface area contributed by atoms with Gasteiger partial charge in [0.1, 0.15) is 19.0 Å². The molecule has 0 aliphatic carbocycles. The van der Waals surface area contributed by atoms with Crippen LogP contribution in [0.3, 0.4) is 0 Å². The summed E-state index contributed by atoms with van der Waals surface area (Å²) >= 11 is 6.00. The SMILES string of the molecule is CC(Oc1cccc(Cl)c1)C(=O)N1CCCC1c1ccc2c(c1)OCCO2. The molecule has 1 amide bonds. The molecule has 5 nitrogen and oxygen atoms in total. The van der Waals surface area contributed by atoms with Gasteiger partial charge in [0.05, 0.1) is 6.04 Å². The van der Waals surface area contributed by atoms with Crippen molar-refractivity contribution in [1.29, 1.82) is 0 Å². The van der Waals surface area contributed by atoms with Gasteiger partial charge in [0.15, 0.2) is 17.6 Å². The molecule has 0 spiro atoms. The van der Waals surface area contributed by atoms with Crippen LogP contribution in [-0.2, 0) is 4.79 Å². The molecule has 2 aliphatic heterocycles. The second-order valence-electron chi connectivity index (χ2n) is 6.81. The average Bonchev–Trinajstić information content (AvgIpc) is 3.16. The molecule has 0 N–H and O–H groups in total. The van der Waals surface area contributed by atoms with Gasteiger partial charge in [-0.2, -0.15) is 0 Å². The number of rotatable bonds is 4. The number of carbonyl (C=O) groups is 1. The first-order valence-electron chi connectivity index (χ1n) is 9.24. The number of halogens is 1. The van der Waals surface area contributed by atoms with E-state index in [4.69, 9.17) is 25.8 Å². The Morgan fingerprint density at radius 3 is 2.81 bits per heavy atom. The number of hydrogen-bond acceptors (Lipinski definition) is 4. The number of fused-ring (bicyclic) bond motifs is 1. The molecule has 2 heterocycles. The summed E-state index contributed by atoms with van der Waals surface area (Å²) in [5.41, 5.74) is 1.07. The summed E-state index contributed by atoms with van der Waals surface area (Å²) in [7, 11) is 0. The van der Waals surface area contributed by atoms with E-state index in [1.807, 2.05) is 29.2 Å². The molecule has 0 bridgehead atoms. The van der Waals surface area contributed by atoms with Gasteiger partial charge in [-0.1, -0.05) is 23.7 Å². The number of benzene rings is 2. The normalized spacial score (nSPS) is 19.6. The molecule has 2 aromatic carbocycles. The van der Waals surface area contributed by atoms with Crippen LogP contribution in [0.4, 0.5) is 0 Å². The minimum Gasteiger partial charge on any atom is -0.486 e. The van der Waals surface area contributed by atoms with Gasteiger partial charge in [-0.3, -0.25) is 4.79 Å². The van der Waals surface area contributed by atoms with Crippen LogP contribution >= 0.6 is 11.6 Å². The Labute approximate surface area is 163 Å². The zero-order valence-electron chi connectivity index (χ0n) is 15.2. The van der Waals surface area contributed by atoms with Crippen molar-refractivity contribution in [2.75, 3.05) is 19.8 Å². The minimum absolute atomic E-state index is 0.0210. The van der Waals surface area contributed by atoms with Crippen molar-refractivity contribution in [2.24, 2.45) is 0 Å². The van der Waals surface area contributed by atoms with Crippen LogP contribution < -0.4 is 14.2 Å². The third kappa shape index (κ3) is 3.83. The standard InChI is InChI=1S/C21H22ClNO4/c1-14(27-17-5-2-4-16(22)13-17)21(24)23-9-3-6-18(23)15-7-8-19-20(12-15)26-11-10-25-19/h2,4-5,7-8,12-14,18H,3,6,9-11H2,1H3. The maximum absolute atomic E-state index is 13.0. The van der Waals surface area contributed by atoms with E-state index in [1.165, 1.54) is 0 Å². The molecule has 142 valence electrons. The predicted molar refractivity (Wildman–Crippen MR) is 103 cm³/mol. The Kier molecular flexibility index (Phi) is 5.12. The zero-order chi connectivity index (χ0) is 18.8. The van der Waals surface area contributed by atoms with Gasteiger partial charge in [0.2, 0.25) is 0 Å². The van der Waals surface area contributed by atoms with Crippen molar-refractivity contribution < 1.29 is 19.0 Å². The van der Waals surface area contributed by atoms with Gasteiger partial charge >= 0.3 is 0 Å². The Hall–Kier alpha value is -2.40. The summed E-state index contributed by atoms with van der Waals surface area (Å²) in [6.45, 7) is 3.62. The van der Waals surface area contributed by atoms with Gasteiger partial charge < -0.3 is 19.1 Å². The number of carbonyl (C=O) groups excluding carboxylic acids is 1. The van der Waals surface area contributed by atoms with E-state index >= 15 is 0 Å². The lowest BCUT2D eigenvalue weighted by Crippen LogP contribution is -2.40. The molecule has 0 saturated carbocycles. The molecule has 4 rings (SSSR count). The van der Waals surface area contributed by atoms with E-state index in [9.17, 15) is 4.79 Å². The molecule has 1 saturated heterocycles. The summed E-state index contributed by atoms with van der Waals surface area (Å²) in [4.78, 5) is 14.9. The molecular weight excluding hydrogens is 366 g/mol. The molecule has 1 fully saturated rings. The second-order valence-corrected chi connectivity index (χ2v) is 7.25. The molecule has 2 unspecified atom stereocenters. The highest BCUT2D eigenvalue weighted by Crippen LogP contribution is 2.38. The van der Waals surface area contributed by atoms with Crippen molar-refractivity contribution in [3.8, 4) is 17.2 Å². The van der Waals surface area contributed by atoms with E-state index in [2.05, 4.69) is 0 Å². The first kappa shape index (κ1) is 18.0. The van der Waals surface area contributed by atoms with Gasteiger partial charge in [0.25, 0.3) is 5.91 Å². The van der Waals surface area contributed by atoms with Gasteiger partial charge in [-0.15, -0.1) is 0 Å². The molecule has 2 aliphatic rings. The van der Waals surface area contributed by atoms with E-state index < -0.39 is 6.10 Å². The number of nitrogens with zero attached hydrogens (tertiary/aromatic N) is 1. The molecule has 0 radical (unpaired) electrons. The third-order valence-electron chi connectivity index (χ3n) is 4.94. The summed E-state index contributed by atoms with van der Waals surface area (Å²) in [5.74, 6) is 2.09. The largest absolute Gasteiger partial charge is 0.486 e. The molecule has 0 aromatic heterocycles. The lowest BCUT2D eigenvalue weighted by molar-refractivity contribution is -0.138. The summed E-state index contributed by atoms with van der Waals surface area (Å²) in [6.07, 6.45) is 1.31. The van der Waals surface area contributed by atoms with Crippen LogP contribution in [0.1, 0.15) is 31.4 Å². The van der Waals surface area contributed by atoms with Crippen LogP contribution in [-0.4, -0.2) is 36.7 Å². The molecule has 2 atom stereocenters. The van der Waals surface area contributed by atoms with E-state index in [-0.39, 0.29) is 11.9 Å². The maximum atomic E-state index is 13.0. The first-order chi connectivity index (χ1) is 13.1. The Bertz CT molecular complexity index is 841. The van der Waals surface area contributed by atoms with Crippen LogP contribution in [0.25, 0.3) is 0 Å². The van der Waals surface area contributed by atoms with Crippen molar-refractivity contribution >= 4 is 17.5 Å².